The maximum Gasteiger partial charge on any atom is 0.459 e. The maximum absolute atomic E-state index is 13.6. The van der Waals surface area contributed by atoms with Gasteiger partial charge in [0.25, 0.3) is 0 Å². The summed E-state index contributed by atoms with van der Waals surface area (Å²) in [6.07, 6.45) is 1.85. The third-order valence-corrected chi connectivity index (χ3v) is 7.59. The highest BCUT2D eigenvalue weighted by Gasteiger charge is 2.50. The van der Waals surface area contributed by atoms with E-state index in [0.717, 1.165) is 5.57 Å². The number of ether oxygens (including phenoxy) is 1. The minimum absolute atomic E-state index is 0.0784. The van der Waals surface area contributed by atoms with Crippen LogP contribution in [-0.4, -0.2) is 56.0 Å². The average Bonchev–Trinajstić information content (AvgIpc) is 3.26. The smallest absolute Gasteiger partial charge is 0.459 e. The molecule has 1 fully saturated rings. The molecule has 5 atom stereocenters. The Kier molecular flexibility index (Phi) is 7.93. The van der Waals surface area contributed by atoms with Gasteiger partial charge in [0.05, 0.1) is 31.2 Å². The fraction of sp³-hybridized carbons (Fsp3) is 0.417. The Morgan fingerprint density at radius 2 is 1.97 bits per heavy atom. The number of nitrogens with zero attached hydrogens (tertiary/aromatic N) is 4. The van der Waals surface area contributed by atoms with Gasteiger partial charge in [-0.25, -0.2) is 24.6 Å². The van der Waals surface area contributed by atoms with Crippen molar-refractivity contribution < 1.29 is 28.3 Å². The molecule has 1 saturated carbocycles. The molecule has 0 bridgehead atoms. The van der Waals surface area contributed by atoms with E-state index in [4.69, 9.17) is 19.5 Å². The Morgan fingerprint density at radius 1 is 1.24 bits per heavy atom. The molecule has 3 aromatic rings. The standard InChI is InChI=1S/C24H31N6O6P/c1-14(2)35-19(32)10-29-37(33,36-17-8-6-5-7-9-17)34-11-18-15(3)22(20(18)16(4)31)30-13-28-21-23(25)26-12-27-24(21)30/h5-9,12-14,16,18,20,22,31H,3,10-11H2,1-2,4H3,(H,29,33)(H2,25,26,27)/t16?,18-,20+,22+,37?/m0/s1. The lowest BCUT2D eigenvalue weighted by Crippen LogP contribution is -2.48. The van der Waals surface area contributed by atoms with E-state index >= 15 is 0 Å². The molecule has 0 amide bonds. The predicted octanol–water partition coefficient (Wildman–Crippen LogP) is 2.88. The van der Waals surface area contributed by atoms with E-state index in [1.165, 1.54) is 6.33 Å². The lowest BCUT2D eigenvalue weighted by Gasteiger charge is -2.49. The highest BCUT2D eigenvalue weighted by molar-refractivity contribution is 7.52. The Labute approximate surface area is 214 Å². The normalized spacial score (nSPS) is 21.9. The molecule has 1 aromatic carbocycles. The summed E-state index contributed by atoms with van der Waals surface area (Å²) in [4.78, 5) is 24.6. The van der Waals surface area contributed by atoms with Crippen molar-refractivity contribution in [3.05, 3.63) is 55.1 Å². The zero-order valence-corrected chi connectivity index (χ0v) is 21.7. The summed E-state index contributed by atoms with van der Waals surface area (Å²) in [5, 5.41) is 13.2. The molecule has 0 aliphatic heterocycles. The fourth-order valence-electron chi connectivity index (χ4n) is 4.44. The summed E-state index contributed by atoms with van der Waals surface area (Å²) in [5.41, 5.74) is 7.62. The van der Waals surface area contributed by atoms with Gasteiger partial charge in [0.1, 0.15) is 24.1 Å². The number of hydrogen-bond acceptors (Lipinski definition) is 10. The number of para-hydroxylation sites is 1. The van der Waals surface area contributed by atoms with Crippen molar-refractivity contribution in [3.8, 4) is 5.75 Å². The number of aliphatic hydroxyl groups excluding tert-OH is 1. The van der Waals surface area contributed by atoms with Crippen molar-refractivity contribution in [3.63, 3.8) is 0 Å². The molecule has 0 saturated heterocycles. The third kappa shape index (κ3) is 5.83. The fourth-order valence-corrected chi connectivity index (χ4v) is 5.73. The van der Waals surface area contributed by atoms with Crippen LogP contribution < -0.4 is 15.3 Å². The van der Waals surface area contributed by atoms with Crippen LogP contribution in [-0.2, 0) is 18.6 Å². The van der Waals surface area contributed by atoms with Crippen LogP contribution in [0, 0.1) is 11.8 Å². The number of aliphatic hydroxyl groups is 1. The number of nitrogens with two attached hydrogens (primary N) is 1. The maximum atomic E-state index is 13.6. The molecule has 0 radical (unpaired) electrons. The molecule has 13 heteroatoms. The Balaban J connectivity index is 1.51. The number of anilines is 1. The van der Waals surface area contributed by atoms with E-state index in [1.54, 1.807) is 62.0 Å². The van der Waals surface area contributed by atoms with Gasteiger partial charge in [0, 0.05) is 11.8 Å². The lowest BCUT2D eigenvalue weighted by molar-refractivity contribution is -0.145. The number of nitrogens with one attached hydrogen (secondary N) is 1. The molecule has 2 heterocycles. The topological polar surface area (TPSA) is 164 Å². The summed E-state index contributed by atoms with van der Waals surface area (Å²) in [7, 11) is -4.01. The van der Waals surface area contributed by atoms with Gasteiger partial charge in [-0.2, -0.15) is 0 Å². The lowest BCUT2D eigenvalue weighted by atomic mass is 9.63. The largest absolute Gasteiger partial charge is 0.462 e. The number of imidazole rings is 1. The van der Waals surface area contributed by atoms with Crippen LogP contribution in [0.5, 0.6) is 5.75 Å². The summed E-state index contributed by atoms with van der Waals surface area (Å²) in [6.45, 7) is 8.84. The minimum Gasteiger partial charge on any atom is -0.462 e. The van der Waals surface area contributed by atoms with Crippen molar-refractivity contribution >= 4 is 30.7 Å². The molecule has 12 nitrogen and oxygen atoms in total. The molecule has 4 rings (SSSR count). The van der Waals surface area contributed by atoms with Crippen molar-refractivity contribution in [2.45, 2.75) is 39.0 Å². The first-order chi connectivity index (χ1) is 17.6. The van der Waals surface area contributed by atoms with Crippen LogP contribution >= 0.6 is 7.75 Å². The van der Waals surface area contributed by atoms with Gasteiger partial charge in [0.15, 0.2) is 11.5 Å². The number of hydrogen-bond donors (Lipinski definition) is 3. The molecule has 198 valence electrons. The minimum atomic E-state index is -4.01. The van der Waals surface area contributed by atoms with E-state index in [2.05, 4.69) is 26.6 Å². The molecule has 1 aliphatic carbocycles. The van der Waals surface area contributed by atoms with Crippen LogP contribution in [0.1, 0.15) is 26.8 Å². The summed E-state index contributed by atoms with van der Waals surface area (Å²) >= 11 is 0. The Hall–Kier alpha value is -3.31. The Morgan fingerprint density at radius 3 is 2.65 bits per heavy atom. The second-order valence-corrected chi connectivity index (χ2v) is 10.9. The SMILES string of the molecule is C=C1[C@@H](n2cnc3c(N)ncnc32)[C@H](C(C)O)[C@H]1COP(=O)(NCC(=O)OC(C)C)Oc1ccccc1. The summed E-state index contributed by atoms with van der Waals surface area (Å²) in [5.74, 6) is -0.757. The number of carbonyl (C=O) groups excluding carboxylic acids is 1. The van der Waals surface area contributed by atoms with E-state index < -0.39 is 19.8 Å². The quantitative estimate of drug-likeness (QED) is 0.190. The van der Waals surface area contributed by atoms with Crippen molar-refractivity contribution in [2.24, 2.45) is 11.8 Å². The van der Waals surface area contributed by atoms with Crippen LogP contribution in [0.15, 0.2) is 55.1 Å². The average molecular weight is 531 g/mol. The van der Waals surface area contributed by atoms with Gasteiger partial charge in [-0.3, -0.25) is 9.32 Å². The van der Waals surface area contributed by atoms with Crippen LogP contribution in [0.4, 0.5) is 5.82 Å². The van der Waals surface area contributed by atoms with Crippen molar-refractivity contribution in [1.82, 2.24) is 24.6 Å². The predicted molar refractivity (Wildman–Crippen MR) is 136 cm³/mol. The number of fused-ring (bicyclic) bond motifs is 1. The second-order valence-electron chi connectivity index (χ2n) is 9.10. The number of nitrogen functional groups attached to an aromatic ring is 1. The highest BCUT2D eigenvalue weighted by Crippen LogP contribution is 2.53. The summed E-state index contributed by atoms with van der Waals surface area (Å²) in [6, 6.07) is 8.14. The van der Waals surface area contributed by atoms with E-state index in [1.807, 2.05) is 0 Å². The monoisotopic (exact) mass is 530 g/mol. The van der Waals surface area contributed by atoms with E-state index in [-0.39, 0.29) is 43.0 Å². The molecular formula is C24H31N6O6P. The molecule has 2 unspecified atom stereocenters. The molecular weight excluding hydrogens is 499 g/mol. The van der Waals surface area contributed by atoms with E-state index in [9.17, 15) is 14.5 Å². The highest BCUT2D eigenvalue weighted by atomic mass is 31.2. The first-order valence-corrected chi connectivity index (χ1v) is 13.4. The molecule has 1 aliphatic rings. The molecule has 2 aromatic heterocycles. The molecule has 37 heavy (non-hydrogen) atoms. The van der Waals surface area contributed by atoms with Crippen LogP contribution in [0.2, 0.25) is 0 Å². The number of carbonyl (C=O) groups is 1. The van der Waals surface area contributed by atoms with Gasteiger partial charge >= 0.3 is 13.7 Å². The number of aromatic nitrogens is 4. The van der Waals surface area contributed by atoms with Crippen LogP contribution in [0.25, 0.3) is 11.2 Å². The molecule has 0 spiro atoms. The zero-order chi connectivity index (χ0) is 26.7. The Bertz CT molecular complexity index is 1310. The number of rotatable bonds is 11. The number of benzene rings is 1. The number of esters is 1. The first-order valence-electron chi connectivity index (χ1n) is 11.8. The van der Waals surface area contributed by atoms with Crippen molar-refractivity contribution in [2.75, 3.05) is 18.9 Å². The van der Waals surface area contributed by atoms with Crippen molar-refractivity contribution in [1.29, 1.82) is 0 Å². The third-order valence-electron chi connectivity index (χ3n) is 6.11. The van der Waals surface area contributed by atoms with Gasteiger partial charge < -0.3 is 24.7 Å². The summed E-state index contributed by atoms with van der Waals surface area (Å²) < 4.78 is 32.0. The van der Waals surface area contributed by atoms with Gasteiger partial charge in [0.2, 0.25) is 0 Å². The van der Waals surface area contributed by atoms with E-state index in [0.29, 0.717) is 16.9 Å². The van der Waals surface area contributed by atoms with Gasteiger partial charge in [-0.15, -0.1) is 0 Å². The van der Waals surface area contributed by atoms with Crippen LogP contribution in [0.3, 0.4) is 0 Å². The first kappa shape index (κ1) is 26.7. The zero-order valence-electron chi connectivity index (χ0n) is 20.9. The second kappa shape index (κ2) is 11.0. The van der Waals surface area contributed by atoms with Gasteiger partial charge in [-0.1, -0.05) is 24.8 Å². The molecule has 4 N–H and O–H groups in total. The van der Waals surface area contributed by atoms with Gasteiger partial charge in [-0.05, 0) is 38.5 Å².